The zero-order chi connectivity index (χ0) is 13.1. The van der Waals surface area contributed by atoms with Gasteiger partial charge in [0.25, 0.3) is 0 Å². The predicted octanol–water partition coefficient (Wildman–Crippen LogP) is 1.13. The van der Waals surface area contributed by atoms with Crippen LogP contribution in [0.4, 0.5) is 0 Å². The smallest absolute Gasteiger partial charge is 0.0987 e. The molecule has 17 heavy (non-hydrogen) atoms. The zero-order valence-corrected chi connectivity index (χ0v) is 11.1. The third kappa shape index (κ3) is 4.30. The van der Waals surface area contributed by atoms with E-state index in [0.29, 0.717) is 12.4 Å². The molecule has 1 fully saturated rings. The van der Waals surface area contributed by atoms with E-state index in [4.69, 9.17) is 11.5 Å². The van der Waals surface area contributed by atoms with Crippen molar-refractivity contribution < 1.29 is 5.11 Å². The summed E-state index contributed by atoms with van der Waals surface area (Å²) in [6.07, 6.45) is 5.27. The number of nitrogens with two attached hydrogens (primary N) is 2. The molecule has 0 aromatic rings. The van der Waals surface area contributed by atoms with Crippen molar-refractivity contribution in [2.75, 3.05) is 13.1 Å². The fourth-order valence-electron chi connectivity index (χ4n) is 1.72. The van der Waals surface area contributed by atoms with Crippen LogP contribution in [0.5, 0.6) is 0 Å². The Morgan fingerprint density at radius 2 is 1.94 bits per heavy atom. The zero-order valence-electron chi connectivity index (χ0n) is 11.1. The summed E-state index contributed by atoms with van der Waals surface area (Å²) in [6.45, 7) is 7.71. The second kappa shape index (κ2) is 5.45. The Labute approximate surface area is 104 Å². The van der Waals surface area contributed by atoms with Crippen molar-refractivity contribution in [3.05, 3.63) is 23.7 Å². The highest BCUT2D eigenvalue weighted by Crippen LogP contribution is 2.20. The van der Waals surface area contributed by atoms with Crippen LogP contribution < -0.4 is 11.5 Å². The normalized spacial score (nSPS) is 24.0. The molecule has 1 heterocycles. The molecule has 1 aliphatic rings. The van der Waals surface area contributed by atoms with Crippen molar-refractivity contribution >= 4 is 0 Å². The Kier molecular flexibility index (Phi) is 4.46. The van der Waals surface area contributed by atoms with Gasteiger partial charge in [-0.15, -0.1) is 0 Å². The number of allylic oxidation sites excluding steroid dienone is 3. The van der Waals surface area contributed by atoms with Crippen molar-refractivity contribution in [1.29, 1.82) is 0 Å². The molecule has 1 saturated heterocycles. The molecule has 1 unspecified atom stereocenters. The Balaban J connectivity index is 2.66. The fourth-order valence-corrected chi connectivity index (χ4v) is 1.72. The highest BCUT2D eigenvalue weighted by molar-refractivity contribution is 5.18. The summed E-state index contributed by atoms with van der Waals surface area (Å²) >= 11 is 0. The third-order valence-electron chi connectivity index (χ3n) is 3.06. The van der Waals surface area contributed by atoms with Crippen LogP contribution in [0.2, 0.25) is 0 Å². The van der Waals surface area contributed by atoms with E-state index in [2.05, 4.69) is 20.8 Å². The van der Waals surface area contributed by atoms with E-state index in [-0.39, 0.29) is 11.5 Å². The van der Waals surface area contributed by atoms with Gasteiger partial charge in [-0.05, 0) is 25.0 Å². The first kappa shape index (κ1) is 13.9. The molecule has 1 atom stereocenters. The van der Waals surface area contributed by atoms with Crippen LogP contribution in [0.3, 0.4) is 0 Å². The number of hydrogen-bond acceptors (Lipinski definition) is 4. The molecular weight excluding hydrogens is 214 g/mol. The quantitative estimate of drug-likeness (QED) is 0.631. The molecular formula is C13H25N3O. The van der Waals surface area contributed by atoms with Gasteiger partial charge in [0.15, 0.2) is 0 Å². The summed E-state index contributed by atoms with van der Waals surface area (Å²) < 4.78 is 0. The number of aliphatic hydroxyl groups is 1. The second-order valence-corrected chi connectivity index (χ2v) is 5.71. The first-order valence-corrected chi connectivity index (χ1v) is 6.17. The van der Waals surface area contributed by atoms with E-state index < -0.39 is 0 Å². The lowest BCUT2D eigenvalue weighted by Gasteiger charge is -2.31. The van der Waals surface area contributed by atoms with Gasteiger partial charge < -0.3 is 21.5 Å². The van der Waals surface area contributed by atoms with Crippen molar-refractivity contribution in [1.82, 2.24) is 4.90 Å². The summed E-state index contributed by atoms with van der Waals surface area (Å²) in [7, 11) is 0. The molecule has 0 amide bonds. The van der Waals surface area contributed by atoms with Gasteiger partial charge in [0.2, 0.25) is 0 Å². The Bertz CT molecular complexity index is 315. The van der Waals surface area contributed by atoms with Crippen molar-refractivity contribution in [3.63, 3.8) is 0 Å². The van der Waals surface area contributed by atoms with Crippen LogP contribution in [-0.2, 0) is 0 Å². The number of nitrogens with zero attached hydrogens (tertiary/aromatic N) is 1. The summed E-state index contributed by atoms with van der Waals surface area (Å²) in [5.74, 6) is 0.677. The van der Waals surface area contributed by atoms with Gasteiger partial charge in [-0.3, -0.25) is 0 Å². The molecule has 0 aromatic carbocycles. The highest BCUT2D eigenvalue weighted by Gasteiger charge is 2.18. The van der Waals surface area contributed by atoms with Gasteiger partial charge in [-0.25, -0.2) is 0 Å². The van der Waals surface area contributed by atoms with E-state index in [0.717, 1.165) is 25.1 Å². The Morgan fingerprint density at radius 3 is 2.47 bits per heavy atom. The number of piperidine rings is 1. The summed E-state index contributed by atoms with van der Waals surface area (Å²) in [6, 6.07) is 0. The molecule has 4 heteroatoms. The van der Waals surface area contributed by atoms with Crippen LogP contribution in [0.1, 0.15) is 33.6 Å². The Hall–Kier alpha value is -1.16. The van der Waals surface area contributed by atoms with Gasteiger partial charge in [-0.2, -0.15) is 0 Å². The van der Waals surface area contributed by atoms with E-state index >= 15 is 0 Å². The van der Waals surface area contributed by atoms with Gasteiger partial charge >= 0.3 is 0 Å². The molecule has 98 valence electrons. The number of hydrogen-bond donors (Lipinski definition) is 3. The van der Waals surface area contributed by atoms with Crippen molar-refractivity contribution in [2.45, 2.75) is 39.7 Å². The van der Waals surface area contributed by atoms with E-state index in [1.54, 1.807) is 0 Å². The molecule has 5 N–H and O–H groups in total. The summed E-state index contributed by atoms with van der Waals surface area (Å²) in [5, 5.41) is 9.57. The van der Waals surface area contributed by atoms with Crippen LogP contribution in [0.25, 0.3) is 0 Å². The minimum absolute atomic E-state index is 0.0435. The van der Waals surface area contributed by atoms with E-state index in [9.17, 15) is 5.11 Å². The fraction of sp³-hybridized carbons (Fsp3) is 0.692. The number of rotatable bonds is 2. The maximum atomic E-state index is 9.57. The molecule has 0 spiro atoms. The molecule has 0 saturated carbocycles. The van der Waals surface area contributed by atoms with Crippen molar-refractivity contribution in [2.24, 2.45) is 16.9 Å². The van der Waals surface area contributed by atoms with Crippen LogP contribution in [0, 0.1) is 5.41 Å². The predicted molar refractivity (Wildman–Crippen MR) is 70.8 cm³/mol. The molecule has 0 aliphatic carbocycles. The highest BCUT2D eigenvalue weighted by atomic mass is 16.3. The first-order chi connectivity index (χ1) is 7.80. The third-order valence-corrected chi connectivity index (χ3v) is 3.06. The minimum Gasteiger partial charge on any atom is -0.402 e. The maximum absolute atomic E-state index is 9.57. The lowest BCUT2D eigenvalue weighted by molar-refractivity contribution is 0.0872. The largest absolute Gasteiger partial charge is 0.402 e. The van der Waals surface area contributed by atoms with Gasteiger partial charge in [0.1, 0.15) is 0 Å². The molecule has 0 radical (unpaired) electrons. The average Bonchev–Trinajstić information content (AvgIpc) is 2.24. The molecule has 1 aliphatic heterocycles. The topological polar surface area (TPSA) is 75.5 Å². The van der Waals surface area contributed by atoms with Crippen LogP contribution in [-0.4, -0.2) is 29.2 Å². The Morgan fingerprint density at radius 1 is 1.29 bits per heavy atom. The van der Waals surface area contributed by atoms with Gasteiger partial charge in [0.05, 0.1) is 11.9 Å². The molecule has 0 bridgehead atoms. The summed E-state index contributed by atoms with van der Waals surface area (Å²) in [5.41, 5.74) is 12.7. The number of likely N-dealkylation sites (tertiary alicyclic amines) is 1. The monoisotopic (exact) mass is 239 g/mol. The van der Waals surface area contributed by atoms with E-state index in [1.807, 2.05) is 17.1 Å². The first-order valence-electron chi connectivity index (χ1n) is 6.17. The van der Waals surface area contributed by atoms with E-state index in [1.165, 1.54) is 0 Å². The number of β-amino-alcohol motifs (C(OH)–C–C–N with tert-alkyl or cyclic N) is 1. The standard InChI is InChI=1S/C13H25N3O/c1-13(2,3)11(14)6-7-12(15)16-8-4-5-10(17)9-16/h6-7,10,17H,4-5,8-9,14-15H2,1-3H3/b11-6-,12-7+. The summed E-state index contributed by atoms with van der Waals surface area (Å²) in [4.78, 5) is 2.00. The van der Waals surface area contributed by atoms with Gasteiger partial charge in [-0.1, -0.05) is 20.8 Å². The lowest BCUT2D eigenvalue weighted by Crippen LogP contribution is -2.39. The van der Waals surface area contributed by atoms with Crippen LogP contribution in [0.15, 0.2) is 23.7 Å². The molecule has 4 nitrogen and oxygen atoms in total. The van der Waals surface area contributed by atoms with Gasteiger partial charge in [0, 0.05) is 24.2 Å². The SMILES string of the molecule is CC(C)(C)/C(N)=C/C=C(\N)N1CCCC(O)C1. The molecule has 1 rings (SSSR count). The van der Waals surface area contributed by atoms with Crippen molar-refractivity contribution in [3.8, 4) is 0 Å². The number of aliphatic hydroxyl groups excluding tert-OH is 1. The minimum atomic E-state index is -0.264. The lowest BCUT2D eigenvalue weighted by atomic mass is 9.92. The molecule has 0 aromatic heterocycles. The average molecular weight is 239 g/mol. The second-order valence-electron chi connectivity index (χ2n) is 5.71. The maximum Gasteiger partial charge on any atom is 0.0987 e. The van der Waals surface area contributed by atoms with Crippen LogP contribution >= 0.6 is 0 Å².